The van der Waals surface area contributed by atoms with Gasteiger partial charge in [-0.3, -0.25) is 4.79 Å². The highest BCUT2D eigenvalue weighted by molar-refractivity contribution is 6.30. The second-order valence-electron chi connectivity index (χ2n) is 6.06. The summed E-state index contributed by atoms with van der Waals surface area (Å²) in [5.41, 5.74) is 2.53. The standard InChI is InChI=1S/C19H17ClN6O/c20-14-4-2-13(3-5-14)17-24-16-15(6-8-22-18(16)25-17)19(27)23-7-1-10-26-11-9-21-12-26/h2-6,8-9,11-12H,1,7,10H2,(H,23,27)(H,22,24,25). The molecule has 0 bridgehead atoms. The smallest absolute Gasteiger partial charge is 0.253 e. The van der Waals surface area contributed by atoms with E-state index in [1.165, 1.54) is 0 Å². The summed E-state index contributed by atoms with van der Waals surface area (Å²) in [6.07, 6.45) is 7.81. The molecule has 0 saturated carbocycles. The van der Waals surface area contributed by atoms with Crippen molar-refractivity contribution in [3.63, 3.8) is 0 Å². The van der Waals surface area contributed by atoms with E-state index in [4.69, 9.17) is 11.6 Å². The molecular formula is C19H17ClN6O. The van der Waals surface area contributed by atoms with Crippen molar-refractivity contribution in [3.05, 3.63) is 65.8 Å². The number of benzene rings is 1. The Labute approximate surface area is 160 Å². The lowest BCUT2D eigenvalue weighted by atomic mass is 10.2. The largest absolute Gasteiger partial charge is 0.352 e. The van der Waals surface area contributed by atoms with Crippen molar-refractivity contribution in [2.45, 2.75) is 13.0 Å². The molecule has 3 heterocycles. The van der Waals surface area contributed by atoms with E-state index in [-0.39, 0.29) is 5.91 Å². The summed E-state index contributed by atoms with van der Waals surface area (Å²) >= 11 is 5.94. The number of aryl methyl sites for hydroxylation is 1. The van der Waals surface area contributed by atoms with Crippen molar-refractivity contribution in [2.24, 2.45) is 0 Å². The first kappa shape index (κ1) is 17.2. The number of pyridine rings is 1. The molecule has 136 valence electrons. The number of hydrogen-bond acceptors (Lipinski definition) is 4. The molecule has 0 aliphatic rings. The number of halogens is 1. The first-order valence-electron chi connectivity index (χ1n) is 8.55. The molecule has 0 spiro atoms. The number of aromatic nitrogens is 5. The van der Waals surface area contributed by atoms with Crippen LogP contribution in [0.15, 0.2) is 55.2 Å². The normalized spacial score (nSPS) is 11.0. The molecule has 0 radical (unpaired) electrons. The van der Waals surface area contributed by atoms with E-state index in [9.17, 15) is 4.79 Å². The lowest BCUT2D eigenvalue weighted by Gasteiger charge is -2.06. The molecule has 8 heteroatoms. The Morgan fingerprint density at radius 2 is 2.04 bits per heavy atom. The number of carbonyl (C=O) groups excluding carboxylic acids is 1. The van der Waals surface area contributed by atoms with Crippen LogP contribution in [0.2, 0.25) is 5.02 Å². The van der Waals surface area contributed by atoms with Gasteiger partial charge in [0, 0.05) is 42.3 Å². The molecule has 0 aliphatic heterocycles. The monoisotopic (exact) mass is 380 g/mol. The molecule has 1 aromatic carbocycles. The number of amides is 1. The fraction of sp³-hybridized carbons (Fsp3) is 0.158. The summed E-state index contributed by atoms with van der Waals surface area (Å²) in [5.74, 6) is 0.494. The van der Waals surface area contributed by atoms with E-state index in [2.05, 4.69) is 25.3 Å². The van der Waals surface area contributed by atoms with Gasteiger partial charge in [0.1, 0.15) is 5.82 Å². The number of fused-ring (bicyclic) bond motifs is 1. The summed E-state index contributed by atoms with van der Waals surface area (Å²) in [7, 11) is 0. The fourth-order valence-corrected chi connectivity index (χ4v) is 2.95. The minimum atomic E-state index is -0.153. The van der Waals surface area contributed by atoms with E-state index in [0.29, 0.717) is 34.1 Å². The minimum Gasteiger partial charge on any atom is -0.352 e. The molecule has 0 atom stereocenters. The molecule has 27 heavy (non-hydrogen) atoms. The molecule has 0 unspecified atom stereocenters. The molecule has 3 aromatic heterocycles. The van der Waals surface area contributed by atoms with E-state index in [0.717, 1.165) is 18.5 Å². The summed E-state index contributed by atoms with van der Waals surface area (Å²) in [5, 5.41) is 3.60. The van der Waals surface area contributed by atoms with Crippen molar-refractivity contribution in [1.82, 2.24) is 29.8 Å². The average molecular weight is 381 g/mol. The van der Waals surface area contributed by atoms with Gasteiger partial charge in [-0.25, -0.2) is 15.0 Å². The number of hydrogen-bond donors (Lipinski definition) is 2. The molecule has 0 fully saturated rings. The predicted octanol–water partition coefficient (Wildman–Crippen LogP) is 3.29. The third-order valence-corrected chi connectivity index (χ3v) is 4.44. The Morgan fingerprint density at radius 3 is 2.81 bits per heavy atom. The SMILES string of the molecule is O=C(NCCCn1ccnc1)c1ccnc2nc(-c3ccc(Cl)cc3)[nH]c12. The third kappa shape index (κ3) is 3.83. The van der Waals surface area contributed by atoms with Crippen LogP contribution < -0.4 is 5.32 Å². The molecule has 4 aromatic rings. The first-order valence-corrected chi connectivity index (χ1v) is 8.93. The van der Waals surface area contributed by atoms with Crippen LogP contribution in [-0.2, 0) is 6.54 Å². The zero-order valence-corrected chi connectivity index (χ0v) is 15.1. The van der Waals surface area contributed by atoms with Crippen LogP contribution in [0.25, 0.3) is 22.6 Å². The van der Waals surface area contributed by atoms with E-state index >= 15 is 0 Å². The predicted molar refractivity (Wildman–Crippen MR) is 104 cm³/mol. The van der Waals surface area contributed by atoms with Crippen molar-refractivity contribution in [3.8, 4) is 11.4 Å². The lowest BCUT2D eigenvalue weighted by molar-refractivity contribution is 0.0954. The molecule has 7 nitrogen and oxygen atoms in total. The lowest BCUT2D eigenvalue weighted by Crippen LogP contribution is -2.25. The van der Waals surface area contributed by atoms with Gasteiger partial charge in [-0.15, -0.1) is 0 Å². The molecule has 0 saturated heterocycles. The number of imidazole rings is 2. The maximum atomic E-state index is 12.6. The first-order chi connectivity index (χ1) is 13.2. The van der Waals surface area contributed by atoms with Crippen LogP contribution in [0.1, 0.15) is 16.8 Å². The second kappa shape index (κ2) is 7.59. The summed E-state index contributed by atoms with van der Waals surface area (Å²) in [6.45, 7) is 1.37. The van der Waals surface area contributed by atoms with E-state index in [1.807, 2.05) is 22.9 Å². The zero-order valence-electron chi connectivity index (χ0n) is 14.4. The Balaban J connectivity index is 1.49. The molecule has 2 N–H and O–H groups in total. The van der Waals surface area contributed by atoms with Gasteiger partial charge in [0.25, 0.3) is 5.91 Å². The average Bonchev–Trinajstić information content (AvgIpc) is 3.34. The van der Waals surface area contributed by atoms with Crippen molar-refractivity contribution < 1.29 is 4.79 Å². The zero-order chi connectivity index (χ0) is 18.6. The number of H-pyrrole nitrogens is 1. The van der Waals surface area contributed by atoms with Gasteiger partial charge in [0.15, 0.2) is 5.65 Å². The summed E-state index contributed by atoms with van der Waals surface area (Å²) in [6, 6.07) is 9.03. The third-order valence-electron chi connectivity index (χ3n) is 4.19. The maximum Gasteiger partial charge on any atom is 0.253 e. The Hall–Kier alpha value is -3.19. The highest BCUT2D eigenvalue weighted by atomic mass is 35.5. The topological polar surface area (TPSA) is 88.5 Å². The molecule has 4 rings (SSSR count). The van der Waals surface area contributed by atoms with Crippen LogP contribution in [0, 0.1) is 0 Å². The number of rotatable bonds is 6. The molecule has 0 aliphatic carbocycles. The summed E-state index contributed by atoms with van der Waals surface area (Å²) in [4.78, 5) is 28.5. The minimum absolute atomic E-state index is 0.153. The molecule has 1 amide bonds. The fourth-order valence-electron chi connectivity index (χ4n) is 2.82. The van der Waals surface area contributed by atoms with Gasteiger partial charge in [-0.05, 0) is 36.8 Å². The Bertz CT molecular complexity index is 1060. The van der Waals surface area contributed by atoms with Crippen LogP contribution in [0.3, 0.4) is 0 Å². The second-order valence-corrected chi connectivity index (χ2v) is 6.50. The van der Waals surface area contributed by atoms with Gasteiger partial charge in [0.2, 0.25) is 0 Å². The van der Waals surface area contributed by atoms with E-state index < -0.39 is 0 Å². The summed E-state index contributed by atoms with van der Waals surface area (Å²) < 4.78 is 1.98. The van der Waals surface area contributed by atoms with Gasteiger partial charge >= 0.3 is 0 Å². The number of nitrogens with one attached hydrogen (secondary N) is 2. The Morgan fingerprint density at radius 1 is 1.19 bits per heavy atom. The van der Waals surface area contributed by atoms with Crippen molar-refractivity contribution in [2.75, 3.05) is 6.54 Å². The quantitative estimate of drug-likeness (QED) is 0.502. The van der Waals surface area contributed by atoms with Gasteiger partial charge in [0.05, 0.1) is 17.4 Å². The van der Waals surface area contributed by atoms with Crippen molar-refractivity contribution in [1.29, 1.82) is 0 Å². The Kier molecular flexibility index (Phi) is 4.84. The van der Waals surface area contributed by atoms with Gasteiger partial charge in [-0.1, -0.05) is 11.6 Å². The van der Waals surface area contributed by atoms with Crippen LogP contribution >= 0.6 is 11.6 Å². The van der Waals surface area contributed by atoms with Crippen LogP contribution in [0.4, 0.5) is 0 Å². The van der Waals surface area contributed by atoms with Crippen molar-refractivity contribution >= 4 is 28.7 Å². The molecular weight excluding hydrogens is 364 g/mol. The number of nitrogens with zero attached hydrogens (tertiary/aromatic N) is 4. The van der Waals surface area contributed by atoms with Gasteiger partial charge < -0.3 is 14.9 Å². The van der Waals surface area contributed by atoms with Crippen LogP contribution in [-0.4, -0.2) is 37.0 Å². The number of aromatic amines is 1. The maximum absolute atomic E-state index is 12.6. The highest BCUT2D eigenvalue weighted by Gasteiger charge is 2.14. The van der Waals surface area contributed by atoms with Gasteiger partial charge in [-0.2, -0.15) is 0 Å². The van der Waals surface area contributed by atoms with Crippen LogP contribution in [0.5, 0.6) is 0 Å². The van der Waals surface area contributed by atoms with E-state index in [1.54, 1.807) is 36.9 Å². The highest BCUT2D eigenvalue weighted by Crippen LogP contribution is 2.23. The number of carbonyl (C=O) groups is 1.